The highest BCUT2D eigenvalue weighted by Gasteiger charge is 2.17. The van der Waals surface area contributed by atoms with Crippen molar-refractivity contribution < 1.29 is 8.78 Å². The summed E-state index contributed by atoms with van der Waals surface area (Å²) in [4.78, 5) is 12.8. The lowest BCUT2D eigenvalue weighted by Gasteiger charge is -2.06. The van der Waals surface area contributed by atoms with Crippen molar-refractivity contribution in [3.05, 3.63) is 33.2 Å². The van der Waals surface area contributed by atoms with Gasteiger partial charge in [-0.3, -0.25) is 4.79 Å². The lowest BCUT2D eigenvalue weighted by molar-refractivity contribution is 0.144. The number of nitrogens with one attached hydrogen (secondary N) is 1. The van der Waals surface area contributed by atoms with Crippen LogP contribution < -0.4 is 5.56 Å². The number of halogens is 2. The van der Waals surface area contributed by atoms with Gasteiger partial charge in [0.05, 0.1) is 29.8 Å². The van der Waals surface area contributed by atoms with E-state index < -0.39 is 17.7 Å². The van der Waals surface area contributed by atoms with E-state index in [0.29, 0.717) is 0 Å². The molecule has 1 N–H and O–H groups in total. The number of H-pyrrole nitrogens is 1. The molecule has 0 saturated heterocycles. The molecule has 6 heteroatoms. The average molecular weight is 209 g/mol. The van der Waals surface area contributed by atoms with E-state index in [0.717, 1.165) is 6.07 Å². The van der Waals surface area contributed by atoms with Crippen molar-refractivity contribution in [2.24, 2.45) is 0 Å². The number of aromatic nitrogens is 1. The maximum absolute atomic E-state index is 12.5. The first-order valence-corrected chi connectivity index (χ1v) is 3.91. The van der Waals surface area contributed by atoms with Crippen LogP contribution in [0.15, 0.2) is 10.9 Å². The molecule has 0 fully saturated rings. The molecule has 0 saturated carbocycles. The Bertz CT molecular complexity index is 508. The standard InChI is InChI=1S/C9H5F2N3O/c10-9(11)8-6(1-2-12)5(4-13)3-7(15)14-8/h3,9H,1H2,(H,14,15). The van der Waals surface area contributed by atoms with E-state index in [-0.39, 0.29) is 17.5 Å². The Kier molecular flexibility index (Phi) is 3.14. The molecular formula is C9H5F2N3O. The zero-order valence-electron chi connectivity index (χ0n) is 7.42. The Morgan fingerprint density at radius 1 is 1.47 bits per heavy atom. The first-order chi connectivity index (χ1) is 7.10. The van der Waals surface area contributed by atoms with Crippen molar-refractivity contribution in [2.45, 2.75) is 12.8 Å². The molecule has 4 nitrogen and oxygen atoms in total. The fourth-order valence-corrected chi connectivity index (χ4v) is 1.16. The van der Waals surface area contributed by atoms with Gasteiger partial charge in [-0.05, 0) is 0 Å². The Hall–Kier alpha value is -2.21. The molecule has 1 heterocycles. The first kappa shape index (κ1) is 10.9. The Labute approximate surface area is 83.4 Å². The molecule has 0 amide bonds. The minimum Gasteiger partial charge on any atom is -0.321 e. The summed E-state index contributed by atoms with van der Waals surface area (Å²) in [6.07, 6.45) is -3.24. The molecule has 15 heavy (non-hydrogen) atoms. The third-order valence-corrected chi connectivity index (χ3v) is 1.78. The zero-order chi connectivity index (χ0) is 11.4. The highest BCUT2D eigenvalue weighted by atomic mass is 19.3. The van der Waals surface area contributed by atoms with Gasteiger partial charge < -0.3 is 4.98 Å². The SMILES string of the molecule is N#CCc1c(C#N)cc(=O)[nH]c1C(F)F. The summed E-state index contributed by atoms with van der Waals surface area (Å²) in [6.45, 7) is 0. The van der Waals surface area contributed by atoms with Gasteiger partial charge in [-0.2, -0.15) is 10.5 Å². The predicted molar refractivity (Wildman–Crippen MR) is 46.1 cm³/mol. The minimum absolute atomic E-state index is 0.116. The number of hydrogen-bond acceptors (Lipinski definition) is 3. The molecule has 0 bridgehead atoms. The van der Waals surface area contributed by atoms with Crippen LogP contribution in [0.4, 0.5) is 8.78 Å². The van der Waals surface area contributed by atoms with Crippen LogP contribution in [-0.2, 0) is 6.42 Å². The van der Waals surface area contributed by atoms with E-state index >= 15 is 0 Å². The van der Waals surface area contributed by atoms with E-state index in [1.165, 1.54) is 0 Å². The summed E-state index contributed by atoms with van der Waals surface area (Å²) in [7, 11) is 0. The van der Waals surface area contributed by atoms with Crippen molar-refractivity contribution >= 4 is 0 Å². The van der Waals surface area contributed by atoms with Crippen LogP contribution in [-0.4, -0.2) is 4.98 Å². The third kappa shape index (κ3) is 2.18. The van der Waals surface area contributed by atoms with Gasteiger partial charge in [0, 0.05) is 11.6 Å². The highest BCUT2D eigenvalue weighted by Crippen LogP contribution is 2.21. The summed E-state index contributed by atoms with van der Waals surface area (Å²) in [5.74, 6) is 0. The quantitative estimate of drug-likeness (QED) is 0.795. The molecule has 0 atom stereocenters. The lowest BCUT2D eigenvalue weighted by Crippen LogP contribution is -2.13. The molecule has 1 aromatic heterocycles. The number of nitriles is 2. The molecule has 0 unspecified atom stereocenters. The summed E-state index contributed by atoms with van der Waals surface area (Å²) in [5, 5.41) is 17.0. The first-order valence-electron chi connectivity index (χ1n) is 3.91. The fourth-order valence-electron chi connectivity index (χ4n) is 1.16. The topological polar surface area (TPSA) is 80.4 Å². The Balaban J connectivity index is 3.50. The number of rotatable bonds is 2. The van der Waals surface area contributed by atoms with Crippen molar-refractivity contribution in [1.29, 1.82) is 10.5 Å². The van der Waals surface area contributed by atoms with Crippen LogP contribution in [0.25, 0.3) is 0 Å². The van der Waals surface area contributed by atoms with Gasteiger partial charge >= 0.3 is 0 Å². The van der Waals surface area contributed by atoms with Gasteiger partial charge in [0.1, 0.15) is 0 Å². The number of nitrogens with zero attached hydrogens (tertiary/aromatic N) is 2. The highest BCUT2D eigenvalue weighted by molar-refractivity contribution is 5.41. The van der Waals surface area contributed by atoms with Crippen molar-refractivity contribution in [3.8, 4) is 12.1 Å². The minimum atomic E-state index is -2.91. The van der Waals surface area contributed by atoms with Crippen LogP contribution in [0.1, 0.15) is 23.2 Å². The Morgan fingerprint density at radius 3 is 2.60 bits per heavy atom. The van der Waals surface area contributed by atoms with E-state index in [9.17, 15) is 13.6 Å². The predicted octanol–water partition coefficient (Wildman–Crippen LogP) is 1.25. The fraction of sp³-hybridized carbons (Fsp3) is 0.222. The Morgan fingerprint density at radius 2 is 2.13 bits per heavy atom. The molecule has 0 aliphatic heterocycles. The molecule has 1 aromatic rings. The summed E-state index contributed by atoms with van der Waals surface area (Å²) >= 11 is 0. The van der Waals surface area contributed by atoms with E-state index in [2.05, 4.69) is 0 Å². The van der Waals surface area contributed by atoms with Crippen molar-refractivity contribution in [1.82, 2.24) is 4.98 Å². The van der Waals surface area contributed by atoms with E-state index in [4.69, 9.17) is 10.5 Å². The largest absolute Gasteiger partial charge is 0.321 e. The van der Waals surface area contributed by atoms with Gasteiger partial charge in [0.2, 0.25) is 5.56 Å². The van der Waals surface area contributed by atoms with Crippen LogP contribution >= 0.6 is 0 Å². The summed E-state index contributed by atoms with van der Waals surface area (Å²) < 4.78 is 24.9. The molecule has 0 spiro atoms. The normalized spacial score (nSPS) is 9.67. The van der Waals surface area contributed by atoms with Gasteiger partial charge in [-0.15, -0.1) is 0 Å². The second-order valence-corrected chi connectivity index (χ2v) is 2.69. The molecule has 0 aliphatic rings. The van der Waals surface area contributed by atoms with Crippen LogP contribution in [0, 0.1) is 22.7 Å². The van der Waals surface area contributed by atoms with E-state index in [1.807, 2.05) is 4.98 Å². The van der Waals surface area contributed by atoms with Gasteiger partial charge in [-0.25, -0.2) is 8.78 Å². The lowest BCUT2D eigenvalue weighted by atomic mass is 10.0. The molecule has 0 aliphatic carbocycles. The average Bonchev–Trinajstić information content (AvgIpc) is 2.19. The third-order valence-electron chi connectivity index (χ3n) is 1.78. The van der Waals surface area contributed by atoms with Gasteiger partial charge in [0.25, 0.3) is 6.43 Å². The number of alkyl halides is 2. The molecule has 76 valence electrons. The second-order valence-electron chi connectivity index (χ2n) is 2.69. The van der Waals surface area contributed by atoms with Crippen molar-refractivity contribution in [3.63, 3.8) is 0 Å². The van der Waals surface area contributed by atoms with Gasteiger partial charge in [-0.1, -0.05) is 0 Å². The molecular weight excluding hydrogens is 204 g/mol. The smallest absolute Gasteiger partial charge is 0.278 e. The van der Waals surface area contributed by atoms with Crippen molar-refractivity contribution in [2.75, 3.05) is 0 Å². The van der Waals surface area contributed by atoms with Gasteiger partial charge in [0.15, 0.2) is 0 Å². The summed E-state index contributed by atoms with van der Waals surface area (Å²) in [5.41, 5.74) is -1.73. The number of hydrogen-bond donors (Lipinski definition) is 1. The number of pyridine rings is 1. The number of aromatic amines is 1. The molecule has 0 aromatic carbocycles. The second kappa shape index (κ2) is 4.34. The maximum atomic E-state index is 12.5. The van der Waals surface area contributed by atoms with Crippen LogP contribution in [0.3, 0.4) is 0 Å². The zero-order valence-corrected chi connectivity index (χ0v) is 7.42. The van der Waals surface area contributed by atoms with Crippen LogP contribution in [0.2, 0.25) is 0 Å². The molecule has 0 radical (unpaired) electrons. The van der Waals surface area contributed by atoms with Crippen LogP contribution in [0.5, 0.6) is 0 Å². The maximum Gasteiger partial charge on any atom is 0.278 e. The van der Waals surface area contributed by atoms with E-state index in [1.54, 1.807) is 12.1 Å². The monoisotopic (exact) mass is 209 g/mol. The summed E-state index contributed by atoms with van der Waals surface area (Å²) in [6, 6.07) is 4.18. The molecule has 1 rings (SSSR count).